The van der Waals surface area contributed by atoms with E-state index < -0.39 is 28.9 Å². The summed E-state index contributed by atoms with van der Waals surface area (Å²) in [5, 5.41) is 21.7. The van der Waals surface area contributed by atoms with Crippen LogP contribution in [0.1, 0.15) is 140 Å². The lowest BCUT2D eigenvalue weighted by molar-refractivity contribution is -0.235. The van der Waals surface area contributed by atoms with Crippen LogP contribution in [0.25, 0.3) is 0 Å². The van der Waals surface area contributed by atoms with Gasteiger partial charge in [-0.1, -0.05) is 67.9 Å². The maximum Gasteiger partial charge on any atom is 0.309 e. The number of amides is 1. The lowest BCUT2D eigenvalue weighted by Crippen LogP contribution is -2.66. The van der Waals surface area contributed by atoms with Crippen LogP contribution in [0, 0.1) is 62.1 Å². The maximum atomic E-state index is 14.0. The molecule has 0 radical (unpaired) electrons. The number of carbonyl (C=O) groups is 4. The molecule has 50 heavy (non-hydrogen) atoms. The number of nitrogens with zero attached hydrogens (tertiary/aromatic N) is 1. The molecule has 0 aromatic carbocycles. The number of esters is 1. The number of hydrogen-bond acceptors (Lipinski definition) is 6. The van der Waals surface area contributed by atoms with Gasteiger partial charge in [0.25, 0.3) is 0 Å². The fraction of sp³-hybridized carbons (Fsp3) is 0.857. The second-order valence-electron chi connectivity index (χ2n) is 19.9. The van der Waals surface area contributed by atoms with Crippen LogP contribution >= 0.6 is 0 Å². The van der Waals surface area contributed by atoms with Gasteiger partial charge in [0, 0.05) is 36.8 Å². The summed E-state index contributed by atoms with van der Waals surface area (Å²) in [4.78, 5) is 53.3. The van der Waals surface area contributed by atoms with Crippen LogP contribution in [0.2, 0.25) is 0 Å². The number of carbonyl (C=O) groups excluding carboxylic acids is 3. The summed E-state index contributed by atoms with van der Waals surface area (Å²) in [6, 6.07) is 0. The molecular formula is C42H67NO7. The van der Waals surface area contributed by atoms with Crippen molar-refractivity contribution in [3.63, 3.8) is 0 Å². The third-order valence-electron chi connectivity index (χ3n) is 15.8. The van der Waals surface area contributed by atoms with E-state index >= 15 is 0 Å². The third kappa shape index (κ3) is 5.71. The van der Waals surface area contributed by atoms with Gasteiger partial charge >= 0.3 is 11.9 Å². The second-order valence-corrected chi connectivity index (χ2v) is 19.9. The molecule has 0 aromatic heterocycles. The van der Waals surface area contributed by atoms with Crippen LogP contribution in [0.5, 0.6) is 0 Å². The minimum absolute atomic E-state index is 0.00886. The Labute approximate surface area is 301 Å². The van der Waals surface area contributed by atoms with Crippen molar-refractivity contribution < 1.29 is 34.1 Å². The molecule has 4 fully saturated rings. The summed E-state index contributed by atoms with van der Waals surface area (Å²) in [5.41, 5.74) is 0.112. The van der Waals surface area contributed by atoms with Crippen molar-refractivity contribution in [3.05, 3.63) is 11.1 Å². The third-order valence-corrected chi connectivity index (χ3v) is 15.8. The minimum atomic E-state index is -1.17. The zero-order chi connectivity index (χ0) is 37.6. The van der Waals surface area contributed by atoms with Gasteiger partial charge in [-0.3, -0.25) is 19.2 Å². The van der Waals surface area contributed by atoms with E-state index in [2.05, 4.69) is 48.5 Å². The highest BCUT2D eigenvalue weighted by molar-refractivity contribution is 6.00. The molecule has 0 aliphatic heterocycles. The molecule has 8 heteroatoms. The van der Waals surface area contributed by atoms with E-state index in [0.29, 0.717) is 18.3 Å². The molecule has 5 aliphatic rings. The summed E-state index contributed by atoms with van der Waals surface area (Å²) in [7, 11) is 1.78. The van der Waals surface area contributed by atoms with Crippen LogP contribution in [0.3, 0.4) is 0 Å². The zero-order valence-electron chi connectivity index (χ0n) is 33.2. The monoisotopic (exact) mass is 697 g/mol. The largest absolute Gasteiger partial charge is 0.481 e. The summed E-state index contributed by atoms with van der Waals surface area (Å²) in [6.45, 7) is 23.4. The number of allylic oxidation sites excluding steroid dienone is 1. The van der Waals surface area contributed by atoms with Gasteiger partial charge in [0.1, 0.15) is 6.10 Å². The Bertz CT molecular complexity index is 1440. The molecular weight excluding hydrogens is 630 g/mol. The number of ketones is 1. The van der Waals surface area contributed by atoms with Crippen molar-refractivity contribution in [1.82, 2.24) is 4.90 Å². The van der Waals surface area contributed by atoms with Gasteiger partial charge in [-0.25, -0.2) is 0 Å². The zero-order valence-corrected chi connectivity index (χ0v) is 33.2. The Kier molecular flexibility index (Phi) is 9.92. The molecule has 0 bridgehead atoms. The van der Waals surface area contributed by atoms with Crippen LogP contribution in [-0.4, -0.2) is 64.5 Å². The smallest absolute Gasteiger partial charge is 0.309 e. The summed E-state index contributed by atoms with van der Waals surface area (Å²) >= 11 is 0. The van der Waals surface area contributed by atoms with Gasteiger partial charge in [0.15, 0.2) is 5.78 Å². The molecule has 5 aliphatic carbocycles. The number of carboxylic acid groups (broad SMARTS) is 1. The first-order valence-electron chi connectivity index (χ1n) is 19.5. The van der Waals surface area contributed by atoms with Gasteiger partial charge in [-0.15, -0.1) is 0 Å². The average Bonchev–Trinajstić information content (AvgIpc) is 3.31. The van der Waals surface area contributed by atoms with Gasteiger partial charge in [-0.2, -0.15) is 0 Å². The molecule has 4 saturated carbocycles. The fourth-order valence-electron chi connectivity index (χ4n) is 12.9. The standard InChI is InChI=1S/C42H67NO7/c1-24(2)33-27(44)21-42(30(45)23-43(12)35(47)25(3)4)20-19-40(10)26(34(33)42)13-14-29-39(9)17-16-31(50-32(46)22-37(5,6)36(48)49)38(7,8)28(39)15-18-41(29,40)11/h24-26,28-31,45H,13-23H2,1-12H3,(H,48,49)/t26-,28+,29-,30+,31+,39+,40-,41-,42+/m1/s1. The van der Waals surface area contributed by atoms with E-state index in [-0.39, 0.29) is 70.2 Å². The summed E-state index contributed by atoms with van der Waals surface area (Å²) < 4.78 is 6.15. The highest BCUT2D eigenvalue weighted by atomic mass is 16.5. The topological polar surface area (TPSA) is 121 Å². The first-order chi connectivity index (χ1) is 22.9. The molecule has 0 heterocycles. The number of aliphatic hydroxyl groups excluding tert-OH is 1. The molecule has 0 spiro atoms. The Morgan fingerprint density at radius 1 is 0.900 bits per heavy atom. The Morgan fingerprint density at radius 2 is 1.54 bits per heavy atom. The van der Waals surface area contributed by atoms with Crippen molar-refractivity contribution in [2.75, 3.05) is 13.6 Å². The molecule has 0 saturated heterocycles. The highest BCUT2D eigenvalue weighted by Crippen LogP contribution is 2.77. The molecule has 2 N–H and O–H groups in total. The van der Waals surface area contributed by atoms with Crippen molar-refractivity contribution >= 4 is 23.6 Å². The summed E-state index contributed by atoms with van der Waals surface area (Å²) in [6.07, 6.45) is 6.67. The quantitative estimate of drug-likeness (QED) is 0.235. The molecule has 5 rings (SSSR count). The maximum absolute atomic E-state index is 14.0. The van der Waals surface area contributed by atoms with Crippen molar-refractivity contribution in [1.29, 1.82) is 0 Å². The van der Waals surface area contributed by atoms with E-state index in [4.69, 9.17) is 4.74 Å². The van der Waals surface area contributed by atoms with Crippen molar-refractivity contribution in [2.24, 2.45) is 62.1 Å². The molecule has 282 valence electrons. The molecule has 0 unspecified atom stereocenters. The van der Waals surface area contributed by atoms with E-state index in [0.717, 1.165) is 56.9 Å². The Hall–Kier alpha value is -2.22. The lowest BCUT2D eigenvalue weighted by atomic mass is 9.33. The SMILES string of the molecule is CC(C)C(=O)N(C)C[C@H](O)[C@@]12CC[C@]3(C)[C@H](CC[C@@H]4[C@@]5(C)CC[C@H](OC(=O)CC(C)(C)C(=O)O)C(C)(C)[C@@H]5CC[C@]43C)C1=C(C(C)C)C(=O)C2. The highest BCUT2D eigenvalue weighted by Gasteiger charge is 2.71. The first-order valence-corrected chi connectivity index (χ1v) is 19.5. The molecule has 9 atom stereocenters. The van der Waals surface area contributed by atoms with Crippen molar-refractivity contribution in [2.45, 2.75) is 153 Å². The number of carboxylic acids is 1. The normalized spacial score (nSPS) is 38.6. The van der Waals surface area contributed by atoms with Crippen LogP contribution in [0.15, 0.2) is 11.1 Å². The predicted molar refractivity (Wildman–Crippen MR) is 194 cm³/mol. The van der Waals surface area contributed by atoms with Gasteiger partial charge in [-0.05, 0) is 111 Å². The predicted octanol–water partition coefficient (Wildman–Crippen LogP) is 7.86. The van der Waals surface area contributed by atoms with Crippen LogP contribution in [-0.2, 0) is 23.9 Å². The van der Waals surface area contributed by atoms with Gasteiger partial charge in [0.2, 0.25) is 5.91 Å². The Balaban J connectivity index is 1.46. The van der Waals surface area contributed by atoms with E-state index in [9.17, 15) is 29.4 Å². The molecule has 8 nitrogen and oxygen atoms in total. The molecule has 1 amide bonds. The first kappa shape index (κ1) is 39.0. The Morgan fingerprint density at radius 3 is 2.12 bits per heavy atom. The fourth-order valence-corrected chi connectivity index (χ4v) is 12.9. The number of ether oxygens (including phenoxy) is 1. The molecule has 0 aromatic rings. The van der Waals surface area contributed by atoms with Gasteiger partial charge < -0.3 is 19.8 Å². The number of rotatable bonds is 9. The number of aliphatic carboxylic acids is 1. The number of Topliss-reactive ketones (excluding diaryl/α,β-unsaturated/α-hetero) is 1. The van der Waals surface area contributed by atoms with E-state index in [1.54, 1.807) is 25.8 Å². The average molecular weight is 698 g/mol. The van der Waals surface area contributed by atoms with Crippen LogP contribution < -0.4 is 0 Å². The second kappa shape index (κ2) is 12.7. The lowest BCUT2D eigenvalue weighted by Gasteiger charge is -2.72. The number of likely N-dealkylation sites (N-methyl/N-ethyl adjacent to an activating group) is 1. The van der Waals surface area contributed by atoms with Gasteiger partial charge in [0.05, 0.1) is 17.9 Å². The number of aliphatic hydroxyl groups is 1. The number of fused-ring (bicyclic) bond motifs is 7. The van der Waals surface area contributed by atoms with Crippen molar-refractivity contribution in [3.8, 4) is 0 Å². The van der Waals surface area contributed by atoms with E-state index in [1.165, 1.54) is 5.57 Å². The van der Waals surface area contributed by atoms with E-state index in [1.807, 2.05) is 13.8 Å². The number of hydrogen-bond donors (Lipinski definition) is 2. The summed E-state index contributed by atoms with van der Waals surface area (Å²) in [5.74, 6) is -0.312. The van der Waals surface area contributed by atoms with Crippen LogP contribution in [0.4, 0.5) is 0 Å². The minimum Gasteiger partial charge on any atom is -0.481 e.